The van der Waals surface area contributed by atoms with Crippen molar-refractivity contribution in [2.45, 2.75) is 70.2 Å². The molecular formula is C15H30N2O. The van der Waals surface area contributed by atoms with Gasteiger partial charge in [0.15, 0.2) is 0 Å². The number of hydrogen-bond acceptors (Lipinski definition) is 3. The summed E-state index contributed by atoms with van der Waals surface area (Å²) < 4.78 is 5.74. The lowest BCUT2D eigenvalue weighted by Gasteiger charge is -2.44. The van der Waals surface area contributed by atoms with E-state index < -0.39 is 0 Å². The van der Waals surface area contributed by atoms with Gasteiger partial charge in [-0.05, 0) is 52.6 Å². The van der Waals surface area contributed by atoms with Gasteiger partial charge in [-0.1, -0.05) is 13.3 Å². The average molecular weight is 254 g/mol. The van der Waals surface area contributed by atoms with E-state index in [1.165, 1.54) is 32.1 Å². The Morgan fingerprint density at radius 1 is 1.22 bits per heavy atom. The normalized spacial score (nSPS) is 41.5. The summed E-state index contributed by atoms with van der Waals surface area (Å²) in [5, 5.41) is 3.54. The molecule has 1 aliphatic heterocycles. The van der Waals surface area contributed by atoms with Gasteiger partial charge in [-0.3, -0.25) is 4.90 Å². The molecule has 1 saturated carbocycles. The van der Waals surface area contributed by atoms with Crippen molar-refractivity contribution in [2.75, 3.05) is 20.7 Å². The van der Waals surface area contributed by atoms with E-state index in [4.69, 9.17) is 4.74 Å². The zero-order valence-electron chi connectivity index (χ0n) is 12.5. The first-order chi connectivity index (χ1) is 8.67. The van der Waals surface area contributed by atoms with E-state index in [-0.39, 0.29) is 0 Å². The smallest absolute Gasteiger partial charge is 0.0703 e. The van der Waals surface area contributed by atoms with Gasteiger partial charge in [-0.15, -0.1) is 0 Å². The molecule has 1 aliphatic carbocycles. The van der Waals surface area contributed by atoms with Crippen molar-refractivity contribution in [3.8, 4) is 0 Å². The maximum Gasteiger partial charge on any atom is 0.0703 e. The Labute approximate surface area is 112 Å². The summed E-state index contributed by atoms with van der Waals surface area (Å²) in [5.41, 5.74) is 0. The average Bonchev–Trinajstić information content (AvgIpc) is 2.83. The van der Waals surface area contributed by atoms with Crippen LogP contribution in [-0.4, -0.2) is 49.8 Å². The molecule has 0 radical (unpaired) electrons. The molecule has 3 heteroatoms. The summed E-state index contributed by atoms with van der Waals surface area (Å²) >= 11 is 0. The fourth-order valence-corrected chi connectivity index (χ4v) is 3.89. The number of nitrogens with one attached hydrogen (secondary N) is 1. The van der Waals surface area contributed by atoms with Crippen LogP contribution in [0.2, 0.25) is 0 Å². The van der Waals surface area contributed by atoms with E-state index >= 15 is 0 Å². The van der Waals surface area contributed by atoms with Crippen molar-refractivity contribution in [3.63, 3.8) is 0 Å². The SMILES string of the molecule is CCC1CCC(NC)C(N(C)C2CCOC2C)C1. The Balaban J connectivity index is 2.02. The molecule has 1 saturated heterocycles. The number of nitrogens with zero attached hydrogens (tertiary/aromatic N) is 1. The summed E-state index contributed by atoms with van der Waals surface area (Å²) in [6.07, 6.45) is 6.99. The van der Waals surface area contributed by atoms with Crippen LogP contribution in [0.1, 0.15) is 46.0 Å². The van der Waals surface area contributed by atoms with E-state index in [2.05, 4.69) is 38.2 Å². The van der Waals surface area contributed by atoms with Gasteiger partial charge >= 0.3 is 0 Å². The molecule has 2 rings (SSSR count). The van der Waals surface area contributed by atoms with Crippen molar-refractivity contribution in [3.05, 3.63) is 0 Å². The van der Waals surface area contributed by atoms with E-state index in [0.29, 0.717) is 24.2 Å². The summed E-state index contributed by atoms with van der Waals surface area (Å²) in [6, 6.07) is 1.95. The highest BCUT2D eigenvalue weighted by Gasteiger charge is 2.37. The number of ether oxygens (including phenoxy) is 1. The molecule has 0 aromatic rings. The molecule has 106 valence electrons. The molecule has 0 amide bonds. The van der Waals surface area contributed by atoms with Crippen molar-refractivity contribution in [1.82, 2.24) is 10.2 Å². The van der Waals surface area contributed by atoms with Crippen LogP contribution in [0, 0.1) is 5.92 Å². The lowest BCUT2D eigenvalue weighted by Crippen LogP contribution is -2.55. The Morgan fingerprint density at radius 2 is 2.00 bits per heavy atom. The molecule has 2 fully saturated rings. The van der Waals surface area contributed by atoms with Gasteiger partial charge in [0.25, 0.3) is 0 Å². The molecule has 3 nitrogen and oxygen atoms in total. The molecule has 5 atom stereocenters. The molecule has 0 aromatic carbocycles. The first-order valence-electron chi connectivity index (χ1n) is 7.68. The highest BCUT2D eigenvalue weighted by Crippen LogP contribution is 2.32. The van der Waals surface area contributed by atoms with Crippen molar-refractivity contribution in [1.29, 1.82) is 0 Å². The zero-order valence-corrected chi connectivity index (χ0v) is 12.5. The first-order valence-corrected chi connectivity index (χ1v) is 7.68. The maximum absolute atomic E-state index is 5.74. The van der Waals surface area contributed by atoms with E-state index in [0.717, 1.165) is 12.5 Å². The fourth-order valence-electron chi connectivity index (χ4n) is 3.89. The van der Waals surface area contributed by atoms with Gasteiger partial charge in [0.2, 0.25) is 0 Å². The Bertz CT molecular complexity index is 259. The van der Waals surface area contributed by atoms with Crippen LogP contribution < -0.4 is 5.32 Å². The second-order valence-corrected chi connectivity index (χ2v) is 6.15. The fraction of sp³-hybridized carbons (Fsp3) is 1.00. The summed E-state index contributed by atoms with van der Waals surface area (Å²) in [7, 11) is 4.43. The molecule has 0 aromatic heterocycles. The van der Waals surface area contributed by atoms with Crippen molar-refractivity contribution < 1.29 is 4.74 Å². The van der Waals surface area contributed by atoms with E-state index in [1.807, 2.05) is 0 Å². The monoisotopic (exact) mass is 254 g/mol. The predicted octanol–water partition coefficient (Wildman–Crippen LogP) is 2.26. The largest absolute Gasteiger partial charge is 0.377 e. The van der Waals surface area contributed by atoms with Crippen molar-refractivity contribution >= 4 is 0 Å². The van der Waals surface area contributed by atoms with Crippen LogP contribution in [0.5, 0.6) is 0 Å². The Hall–Kier alpha value is -0.120. The minimum atomic E-state index is 0.398. The van der Waals surface area contributed by atoms with Crippen LogP contribution in [0.25, 0.3) is 0 Å². The molecule has 0 bridgehead atoms. The summed E-state index contributed by atoms with van der Waals surface area (Å²) in [5.74, 6) is 0.916. The Kier molecular flexibility index (Phi) is 5.05. The van der Waals surface area contributed by atoms with E-state index in [9.17, 15) is 0 Å². The highest BCUT2D eigenvalue weighted by atomic mass is 16.5. The Morgan fingerprint density at radius 3 is 2.56 bits per heavy atom. The van der Waals surface area contributed by atoms with Crippen molar-refractivity contribution in [2.24, 2.45) is 5.92 Å². The quantitative estimate of drug-likeness (QED) is 0.833. The lowest BCUT2D eigenvalue weighted by atomic mass is 9.80. The topological polar surface area (TPSA) is 24.5 Å². The number of rotatable bonds is 4. The molecule has 1 N–H and O–H groups in total. The van der Waals surface area contributed by atoms with Gasteiger partial charge in [0.1, 0.15) is 0 Å². The molecule has 1 heterocycles. The number of hydrogen-bond donors (Lipinski definition) is 1. The molecule has 5 unspecified atom stereocenters. The molecular weight excluding hydrogens is 224 g/mol. The number of likely N-dealkylation sites (N-methyl/N-ethyl adjacent to an activating group) is 2. The molecule has 2 aliphatic rings. The van der Waals surface area contributed by atoms with Gasteiger partial charge in [-0.25, -0.2) is 0 Å². The molecule has 0 spiro atoms. The van der Waals surface area contributed by atoms with Crippen LogP contribution in [0.15, 0.2) is 0 Å². The van der Waals surface area contributed by atoms with E-state index in [1.54, 1.807) is 0 Å². The first kappa shape index (κ1) is 14.3. The minimum Gasteiger partial charge on any atom is -0.377 e. The molecule has 18 heavy (non-hydrogen) atoms. The van der Waals surface area contributed by atoms with Crippen LogP contribution in [0.4, 0.5) is 0 Å². The van der Waals surface area contributed by atoms with Crippen LogP contribution in [-0.2, 0) is 4.74 Å². The third-order valence-corrected chi connectivity index (χ3v) is 5.26. The summed E-state index contributed by atoms with van der Waals surface area (Å²) in [4.78, 5) is 2.61. The highest BCUT2D eigenvalue weighted by molar-refractivity contribution is 4.93. The van der Waals surface area contributed by atoms with Gasteiger partial charge in [0, 0.05) is 24.7 Å². The third kappa shape index (κ3) is 2.89. The standard InChI is InChI=1S/C15H30N2O/c1-5-12-6-7-13(16-3)15(10-12)17(4)14-8-9-18-11(14)2/h11-16H,5-10H2,1-4H3. The summed E-state index contributed by atoms with van der Waals surface area (Å²) in [6.45, 7) is 5.50. The van der Waals surface area contributed by atoms with Crippen LogP contribution >= 0.6 is 0 Å². The third-order valence-electron chi connectivity index (χ3n) is 5.26. The lowest BCUT2D eigenvalue weighted by molar-refractivity contribution is 0.0392. The minimum absolute atomic E-state index is 0.398. The van der Waals surface area contributed by atoms with Gasteiger partial charge in [0.05, 0.1) is 6.10 Å². The zero-order chi connectivity index (χ0) is 13.1. The second kappa shape index (κ2) is 6.36. The predicted molar refractivity (Wildman–Crippen MR) is 75.8 cm³/mol. The van der Waals surface area contributed by atoms with Gasteiger partial charge < -0.3 is 10.1 Å². The van der Waals surface area contributed by atoms with Crippen LogP contribution in [0.3, 0.4) is 0 Å². The second-order valence-electron chi connectivity index (χ2n) is 6.15. The van der Waals surface area contributed by atoms with Gasteiger partial charge in [-0.2, -0.15) is 0 Å². The maximum atomic E-state index is 5.74.